The van der Waals surface area contributed by atoms with Crippen molar-refractivity contribution in [3.05, 3.63) is 70.9 Å². The third-order valence-corrected chi connectivity index (χ3v) is 7.84. The molecule has 2 fully saturated rings. The second-order valence-corrected chi connectivity index (χ2v) is 9.57. The predicted molar refractivity (Wildman–Crippen MR) is 118 cm³/mol. The first-order valence-corrected chi connectivity index (χ1v) is 11.3. The van der Waals surface area contributed by atoms with Crippen LogP contribution in [-0.2, 0) is 6.42 Å². The van der Waals surface area contributed by atoms with Crippen molar-refractivity contribution in [1.29, 1.82) is 0 Å². The van der Waals surface area contributed by atoms with Gasteiger partial charge in [-0.25, -0.2) is 18.2 Å². The van der Waals surface area contributed by atoms with Crippen molar-refractivity contribution in [2.24, 2.45) is 17.8 Å². The van der Waals surface area contributed by atoms with Gasteiger partial charge in [0, 0.05) is 29.6 Å². The van der Waals surface area contributed by atoms with Gasteiger partial charge in [-0.1, -0.05) is 0 Å². The number of nitrogens with one attached hydrogen (secondary N) is 1. The largest absolute Gasteiger partial charge is 0.342 e. The van der Waals surface area contributed by atoms with E-state index in [1.807, 2.05) is 6.20 Å². The number of aromatic amines is 1. The molecule has 4 unspecified atom stereocenters. The summed E-state index contributed by atoms with van der Waals surface area (Å²) < 4.78 is 41.4. The number of nitrogens with zero attached hydrogens (tertiary/aromatic N) is 2. The van der Waals surface area contributed by atoms with Gasteiger partial charge in [-0.2, -0.15) is 0 Å². The SMILES string of the molecule is Cc1c(F)c(F)cc2[nH]c(CCC3CC4CC3CC4c3ccnc4ccc(F)cc34)nc12. The van der Waals surface area contributed by atoms with Crippen molar-refractivity contribution in [1.82, 2.24) is 15.0 Å². The highest BCUT2D eigenvalue weighted by atomic mass is 19.2. The van der Waals surface area contributed by atoms with Crippen LogP contribution in [0.25, 0.3) is 21.9 Å². The third kappa shape index (κ3) is 3.11. The van der Waals surface area contributed by atoms with E-state index in [4.69, 9.17) is 0 Å². The minimum Gasteiger partial charge on any atom is -0.342 e. The van der Waals surface area contributed by atoms with Gasteiger partial charge in [0.1, 0.15) is 11.6 Å². The molecule has 4 aromatic rings. The van der Waals surface area contributed by atoms with Crippen molar-refractivity contribution in [3.8, 4) is 0 Å². The molecule has 2 bridgehead atoms. The molecule has 2 heterocycles. The van der Waals surface area contributed by atoms with Gasteiger partial charge in [0.25, 0.3) is 0 Å². The van der Waals surface area contributed by atoms with Crippen LogP contribution in [0.15, 0.2) is 36.5 Å². The molecule has 2 aliphatic carbocycles. The summed E-state index contributed by atoms with van der Waals surface area (Å²) in [5.74, 6) is 1.28. The molecule has 0 saturated heterocycles. The van der Waals surface area contributed by atoms with Gasteiger partial charge in [0.2, 0.25) is 0 Å². The number of fused-ring (bicyclic) bond motifs is 4. The lowest BCUT2D eigenvalue weighted by Crippen LogP contribution is -2.17. The minimum absolute atomic E-state index is 0.214. The van der Waals surface area contributed by atoms with Crippen LogP contribution in [0.4, 0.5) is 13.2 Å². The van der Waals surface area contributed by atoms with Crippen LogP contribution in [0, 0.1) is 42.1 Å². The number of hydrogen-bond acceptors (Lipinski definition) is 2. The Labute approximate surface area is 184 Å². The smallest absolute Gasteiger partial charge is 0.164 e. The molecule has 32 heavy (non-hydrogen) atoms. The van der Waals surface area contributed by atoms with Crippen LogP contribution in [0.2, 0.25) is 0 Å². The molecular formula is C26H24F3N3. The monoisotopic (exact) mass is 435 g/mol. The van der Waals surface area contributed by atoms with E-state index in [1.165, 1.54) is 24.1 Å². The van der Waals surface area contributed by atoms with Gasteiger partial charge in [-0.05, 0) is 86.1 Å². The zero-order valence-electron chi connectivity index (χ0n) is 17.8. The highest BCUT2D eigenvalue weighted by Crippen LogP contribution is 2.57. The van der Waals surface area contributed by atoms with Gasteiger partial charge >= 0.3 is 0 Å². The maximum atomic E-state index is 13.9. The Kier molecular flexibility index (Phi) is 4.52. The normalized spacial score (nSPS) is 24.8. The van der Waals surface area contributed by atoms with E-state index in [0.29, 0.717) is 34.7 Å². The van der Waals surface area contributed by atoms with Crippen LogP contribution in [0.5, 0.6) is 0 Å². The maximum Gasteiger partial charge on any atom is 0.164 e. The number of imidazole rings is 1. The fourth-order valence-electron chi connectivity index (χ4n) is 6.33. The number of halogens is 3. The molecule has 2 aromatic carbocycles. The van der Waals surface area contributed by atoms with Crippen LogP contribution >= 0.6 is 0 Å². The molecule has 0 spiro atoms. The van der Waals surface area contributed by atoms with Crippen LogP contribution < -0.4 is 0 Å². The number of benzene rings is 2. The molecule has 164 valence electrons. The molecular weight excluding hydrogens is 411 g/mol. The Morgan fingerprint density at radius 3 is 2.72 bits per heavy atom. The fourth-order valence-corrected chi connectivity index (χ4v) is 6.33. The van der Waals surface area contributed by atoms with Crippen molar-refractivity contribution < 1.29 is 13.2 Å². The average Bonchev–Trinajstić information content (AvgIpc) is 3.49. The molecule has 6 rings (SSSR count). The van der Waals surface area contributed by atoms with E-state index in [2.05, 4.69) is 21.0 Å². The first-order valence-electron chi connectivity index (χ1n) is 11.3. The molecule has 0 amide bonds. The quantitative estimate of drug-likeness (QED) is 0.392. The summed E-state index contributed by atoms with van der Waals surface area (Å²) in [5, 5.41) is 0.943. The molecule has 3 nitrogen and oxygen atoms in total. The summed E-state index contributed by atoms with van der Waals surface area (Å²) in [6.45, 7) is 1.57. The van der Waals surface area contributed by atoms with E-state index in [1.54, 1.807) is 19.1 Å². The molecule has 1 N–H and O–H groups in total. The lowest BCUT2D eigenvalue weighted by Gasteiger charge is -2.29. The third-order valence-electron chi connectivity index (χ3n) is 7.84. The summed E-state index contributed by atoms with van der Waals surface area (Å²) in [6.07, 6.45) is 7.14. The number of pyridine rings is 1. The molecule has 0 aliphatic heterocycles. The standard InChI is InChI=1S/C26H24F3N3/c1-13-25(29)21(28)12-23-26(13)32-24(31-23)5-2-14-8-16-9-15(14)10-19(16)18-6-7-30-22-4-3-17(27)11-20(18)22/h3-4,6-7,11-12,14-16,19H,2,5,8-10H2,1H3,(H,31,32). The summed E-state index contributed by atoms with van der Waals surface area (Å²) in [5.41, 5.74) is 3.42. The number of rotatable bonds is 4. The van der Waals surface area contributed by atoms with Crippen molar-refractivity contribution in [3.63, 3.8) is 0 Å². The zero-order valence-corrected chi connectivity index (χ0v) is 17.8. The highest BCUT2D eigenvalue weighted by molar-refractivity contribution is 5.82. The second-order valence-electron chi connectivity index (χ2n) is 9.57. The van der Waals surface area contributed by atoms with Gasteiger partial charge in [-0.3, -0.25) is 4.98 Å². The Balaban J connectivity index is 1.17. The predicted octanol–water partition coefficient (Wildman–Crippen LogP) is 6.60. The number of aromatic nitrogens is 3. The van der Waals surface area contributed by atoms with E-state index >= 15 is 0 Å². The van der Waals surface area contributed by atoms with Crippen LogP contribution in [0.3, 0.4) is 0 Å². The first kappa shape index (κ1) is 19.8. The summed E-state index contributed by atoms with van der Waals surface area (Å²) in [7, 11) is 0. The van der Waals surface area contributed by atoms with E-state index < -0.39 is 11.6 Å². The Morgan fingerprint density at radius 2 is 1.91 bits per heavy atom. The highest BCUT2D eigenvalue weighted by Gasteiger charge is 2.46. The van der Waals surface area contributed by atoms with E-state index in [9.17, 15) is 13.2 Å². The molecule has 2 aromatic heterocycles. The Morgan fingerprint density at radius 1 is 1.03 bits per heavy atom. The maximum absolute atomic E-state index is 13.9. The van der Waals surface area contributed by atoms with Crippen LogP contribution in [-0.4, -0.2) is 15.0 Å². The molecule has 6 heteroatoms. The lowest BCUT2D eigenvalue weighted by molar-refractivity contribution is 0.289. The first-order chi connectivity index (χ1) is 15.5. The number of aryl methyl sites for hydroxylation is 2. The van der Waals surface area contributed by atoms with Gasteiger partial charge in [0.05, 0.1) is 16.6 Å². The molecule has 2 saturated carbocycles. The van der Waals surface area contributed by atoms with E-state index in [0.717, 1.165) is 42.4 Å². The Bertz CT molecular complexity index is 1350. The van der Waals surface area contributed by atoms with Gasteiger partial charge < -0.3 is 4.98 Å². The Hall–Kier alpha value is -2.89. The van der Waals surface area contributed by atoms with Crippen molar-refractivity contribution in [2.75, 3.05) is 0 Å². The number of H-pyrrole nitrogens is 1. The average molecular weight is 435 g/mol. The topological polar surface area (TPSA) is 41.6 Å². The summed E-state index contributed by atoms with van der Waals surface area (Å²) >= 11 is 0. The minimum atomic E-state index is -0.840. The lowest BCUT2D eigenvalue weighted by atomic mass is 9.76. The summed E-state index contributed by atoms with van der Waals surface area (Å²) in [4.78, 5) is 12.1. The number of hydrogen-bond donors (Lipinski definition) is 1. The molecule has 4 atom stereocenters. The fraction of sp³-hybridized carbons (Fsp3) is 0.385. The summed E-state index contributed by atoms with van der Waals surface area (Å²) in [6, 6.07) is 8.11. The van der Waals surface area contributed by atoms with Gasteiger partial charge in [0.15, 0.2) is 11.6 Å². The van der Waals surface area contributed by atoms with Crippen molar-refractivity contribution in [2.45, 2.75) is 44.9 Å². The molecule has 2 aliphatic rings. The van der Waals surface area contributed by atoms with E-state index in [-0.39, 0.29) is 11.4 Å². The zero-order chi connectivity index (χ0) is 22.0. The second kappa shape index (κ2) is 7.32. The molecule has 0 radical (unpaired) electrons. The van der Waals surface area contributed by atoms with Crippen molar-refractivity contribution >= 4 is 21.9 Å². The van der Waals surface area contributed by atoms with Crippen LogP contribution in [0.1, 0.15) is 48.6 Å². The van der Waals surface area contributed by atoms with Gasteiger partial charge in [-0.15, -0.1) is 0 Å².